The van der Waals surface area contributed by atoms with Gasteiger partial charge in [0.05, 0.1) is 6.61 Å². The molecule has 4 heteroatoms. The van der Waals surface area contributed by atoms with Crippen molar-refractivity contribution in [2.45, 2.75) is 33.8 Å². The van der Waals surface area contributed by atoms with Crippen molar-refractivity contribution in [1.29, 1.82) is 0 Å². The van der Waals surface area contributed by atoms with Crippen molar-refractivity contribution < 1.29 is 18.7 Å². The van der Waals surface area contributed by atoms with Gasteiger partial charge in [0.2, 0.25) is 0 Å². The van der Waals surface area contributed by atoms with Crippen LogP contribution in [-0.2, 0) is 9.53 Å². The van der Waals surface area contributed by atoms with E-state index < -0.39 is 6.10 Å². The molecule has 1 aromatic carbocycles. The van der Waals surface area contributed by atoms with E-state index in [-0.39, 0.29) is 5.97 Å². The van der Waals surface area contributed by atoms with Crippen LogP contribution in [0.15, 0.2) is 22.6 Å². The van der Waals surface area contributed by atoms with Crippen molar-refractivity contribution in [3.8, 4) is 5.75 Å². The minimum atomic E-state index is -0.656. The third-order valence-corrected chi connectivity index (χ3v) is 3.09. The maximum Gasteiger partial charge on any atom is 0.347 e. The molecule has 0 spiro atoms. The Labute approximate surface area is 112 Å². The number of rotatable bonds is 4. The molecule has 19 heavy (non-hydrogen) atoms. The molecule has 1 aromatic heterocycles. The van der Waals surface area contributed by atoms with Crippen molar-refractivity contribution >= 4 is 16.9 Å². The van der Waals surface area contributed by atoms with Gasteiger partial charge in [-0.1, -0.05) is 12.1 Å². The van der Waals surface area contributed by atoms with Crippen molar-refractivity contribution in [2.24, 2.45) is 0 Å². The number of carbonyl (C=O) groups excluding carboxylic acids is 1. The molecule has 0 aliphatic carbocycles. The van der Waals surface area contributed by atoms with E-state index in [0.29, 0.717) is 17.9 Å². The van der Waals surface area contributed by atoms with Crippen LogP contribution >= 0.6 is 0 Å². The fourth-order valence-corrected chi connectivity index (χ4v) is 1.93. The summed E-state index contributed by atoms with van der Waals surface area (Å²) in [5.41, 5.74) is 1.76. The molecule has 102 valence electrons. The van der Waals surface area contributed by atoms with Gasteiger partial charge in [-0.05, 0) is 39.3 Å². The second kappa shape index (κ2) is 5.34. The first-order chi connectivity index (χ1) is 9.04. The maximum absolute atomic E-state index is 11.6. The molecule has 0 radical (unpaired) electrons. The normalized spacial score (nSPS) is 12.4. The number of para-hydroxylation sites is 1. The van der Waals surface area contributed by atoms with Gasteiger partial charge in [0.1, 0.15) is 5.76 Å². The fourth-order valence-electron chi connectivity index (χ4n) is 1.93. The Hall–Kier alpha value is -1.97. The smallest absolute Gasteiger partial charge is 0.347 e. The van der Waals surface area contributed by atoms with Gasteiger partial charge in [0.25, 0.3) is 0 Å². The predicted molar refractivity (Wildman–Crippen MR) is 72.4 cm³/mol. The van der Waals surface area contributed by atoms with Gasteiger partial charge in [-0.2, -0.15) is 0 Å². The first-order valence-electron chi connectivity index (χ1n) is 6.36. The Morgan fingerprint density at radius 2 is 2.11 bits per heavy atom. The van der Waals surface area contributed by atoms with E-state index in [4.69, 9.17) is 13.9 Å². The monoisotopic (exact) mass is 262 g/mol. The van der Waals surface area contributed by atoms with E-state index in [1.54, 1.807) is 19.9 Å². The van der Waals surface area contributed by atoms with Crippen LogP contribution in [0.3, 0.4) is 0 Å². The van der Waals surface area contributed by atoms with Crippen molar-refractivity contribution in [2.75, 3.05) is 6.61 Å². The quantitative estimate of drug-likeness (QED) is 0.792. The highest BCUT2D eigenvalue weighted by molar-refractivity contribution is 5.87. The lowest BCUT2D eigenvalue weighted by Gasteiger charge is -2.13. The number of ether oxygens (including phenoxy) is 2. The average molecular weight is 262 g/mol. The van der Waals surface area contributed by atoms with Crippen LogP contribution in [0.4, 0.5) is 0 Å². The molecular weight excluding hydrogens is 244 g/mol. The lowest BCUT2D eigenvalue weighted by atomic mass is 10.1. The van der Waals surface area contributed by atoms with Gasteiger partial charge in [-0.3, -0.25) is 0 Å². The second-order valence-corrected chi connectivity index (χ2v) is 4.43. The van der Waals surface area contributed by atoms with Crippen LogP contribution in [-0.4, -0.2) is 18.7 Å². The highest BCUT2D eigenvalue weighted by Gasteiger charge is 2.19. The summed E-state index contributed by atoms with van der Waals surface area (Å²) in [5, 5.41) is 1.01. The molecule has 0 saturated carbocycles. The Morgan fingerprint density at radius 3 is 2.79 bits per heavy atom. The van der Waals surface area contributed by atoms with Crippen LogP contribution in [0, 0.1) is 13.8 Å². The zero-order valence-electron chi connectivity index (χ0n) is 11.6. The molecule has 0 N–H and O–H groups in total. The van der Waals surface area contributed by atoms with Crippen LogP contribution in [0.2, 0.25) is 0 Å². The van der Waals surface area contributed by atoms with E-state index in [9.17, 15) is 4.79 Å². The highest BCUT2D eigenvalue weighted by atomic mass is 16.6. The molecule has 0 aliphatic heterocycles. The number of esters is 1. The molecule has 1 heterocycles. The highest BCUT2D eigenvalue weighted by Crippen LogP contribution is 2.32. The van der Waals surface area contributed by atoms with Gasteiger partial charge in [-0.25, -0.2) is 4.79 Å². The largest absolute Gasteiger partial charge is 0.475 e. The Morgan fingerprint density at radius 1 is 1.37 bits per heavy atom. The summed E-state index contributed by atoms with van der Waals surface area (Å²) >= 11 is 0. The molecule has 0 saturated heterocycles. The summed E-state index contributed by atoms with van der Waals surface area (Å²) in [5.74, 6) is 1.04. The second-order valence-electron chi connectivity index (χ2n) is 4.43. The topological polar surface area (TPSA) is 48.7 Å². The minimum Gasteiger partial charge on any atom is -0.475 e. The molecule has 2 aromatic rings. The number of carbonyl (C=O) groups is 1. The standard InChI is InChI=1S/C15H18O4/c1-5-17-15(16)11(4)18-13-8-6-7-12-9(2)10(3)19-14(12)13/h6-8,11H,5H2,1-4H3. The summed E-state index contributed by atoms with van der Waals surface area (Å²) in [7, 11) is 0. The number of fused-ring (bicyclic) bond motifs is 1. The van der Waals surface area contributed by atoms with E-state index in [2.05, 4.69) is 0 Å². The first kappa shape index (κ1) is 13.5. The number of aryl methyl sites for hydroxylation is 2. The number of hydrogen-bond acceptors (Lipinski definition) is 4. The van der Waals surface area contributed by atoms with Gasteiger partial charge in [0.15, 0.2) is 17.4 Å². The molecule has 0 fully saturated rings. The SMILES string of the molecule is CCOC(=O)C(C)Oc1cccc2c(C)c(C)oc12. The van der Waals surface area contributed by atoms with Crippen LogP contribution < -0.4 is 4.74 Å². The molecule has 0 bridgehead atoms. The van der Waals surface area contributed by atoms with Gasteiger partial charge < -0.3 is 13.9 Å². The van der Waals surface area contributed by atoms with E-state index in [0.717, 1.165) is 16.7 Å². The van der Waals surface area contributed by atoms with E-state index in [1.807, 2.05) is 26.0 Å². The van der Waals surface area contributed by atoms with Crippen molar-refractivity contribution in [3.05, 3.63) is 29.5 Å². The number of benzene rings is 1. The third-order valence-electron chi connectivity index (χ3n) is 3.09. The zero-order valence-corrected chi connectivity index (χ0v) is 11.6. The Kier molecular flexibility index (Phi) is 3.79. The zero-order chi connectivity index (χ0) is 14.0. The Bertz CT molecular complexity index is 597. The molecular formula is C15H18O4. The van der Waals surface area contributed by atoms with E-state index >= 15 is 0 Å². The number of furan rings is 1. The summed E-state index contributed by atoms with van der Waals surface area (Å²) in [6.45, 7) is 7.69. The summed E-state index contributed by atoms with van der Waals surface area (Å²) < 4.78 is 16.3. The number of hydrogen-bond donors (Lipinski definition) is 0. The van der Waals surface area contributed by atoms with Crippen molar-refractivity contribution in [3.63, 3.8) is 0 Å². The van der Waals surface area contributed by atoms with Gasteiger partial charge in [0, 0.05) is 5.39 Å². The first-order valence-corrected chi connectivity index (χ1v) is 6.36. The van der Waals surface area contributed by atoms with Gasteiger partial charge in [-0.15, -0.1) is 0 Å². The lowest BCUT2D eigenvalue weighted by Crippen LogP contribution is -2.26. The molecule has 0 aliphatic rings. The minimum absolute atomic E-state index is 0.343. The Balaban J connectivity index is 2.31. The predicted octanol–water partition coefficient (Wildman–Crippen LogP) is 3.38. The van der Waals surface area contributed by atoms with E-state index in [1.165, 1.54) is 0 Å². The maximum atomic E-state index is 11.6. The molecule has 2 rings (SSSR count). The fraction of sp³-hybridized carbons (Fsp3) is 0.400. The summed E-state index contributed by atoms with van der Waals surface area (Å²) in [6, 6.07) is 5.65. The molecule has 4 nitrogen and oxygen atoms in total. The third kappa shape index (κ3) is 2.57. The molecule has 1 atom stereocenters. The van der Waals surface area contributed by atoms with Crippen LogP contribution in [0.25, 0.3) is 11.0 Å². The van der Waals surface area contributed by atoms with Crippen molar-refractivity contribution in [1.82, 2.24) is 0 Å². The molecule has 1 unspecified atom stereocenters. The lowest BCUT2D eigenvalue weighted by molar-refractivity contribution is -0.150. The molecule has 0 amide bonds. The average Bonchev–Trinajstić information content (AvgIpc) is 2.67. The summed E-state index contributed by atoms with van der Waals surface area (Å²) in [4.78, 5) is 11.6. The van der Waals surface area contributed by atoms with Gasteiger partial charge >= 0.3 is 5.97 Å². The van der Waals surface area contributed by atoms with Crippen LogP contribution in [0.5, 0.6) is 5.75 Å². The van der Waals surface area contributed by atoms with Crippen LogP contribution in [0.1, 0.15) is 25.2 Å². The summed E-state index contributed by atoms with van der Waals surface area (Å²) in [6.07, 6.45) is -0.656.